The predicted octanol–water partition coefficient (Wildman–Crippen LogP) is 3.78. The van der Waals surface area contributed by atoms with Gasteiger partial charge in [0.1, 0.15) is 5.75 Å². The highest BCUT2D eigenvalue weighted by Crippen LogP contribution is 2.13. The van der Waals surface area contributed by atoms with E-state index in [4.69, 9.17) is 4.74 Å². The number of ether oxygens (including phenoxy) is 1. The van der Waals surface area contributed by atoms with Gasteiger partial charge in [-0.1, -0.05) is 26.2 Å². The lowest BCUT2D eigenvalue weighted by Gasteiger charge is -2.20. The molecule has 1 saturated heterocycles. The van der Waals surface area contributed by atoms with Crippen molar-refractivity contribution in [1.82, 2.24) is 10.2 Å². The van der Waals surface area contributed by atoms with E-state index < -0.39 is 0 Å². The van der Waals surface area contributed by atoms with E-state index in [1.165, 1.54) is 12.8 Å². The molecule has 144 valence electrons. The summed E-state index contributed by atoms with van der Waals surface area (Å²) in [6, 6.07) is 7.28. The second-order valence-electron chi connectivity index (χ2n) is 6.88. The topological polar surface area (TPSA) is 58.6 Å². The van der Waals surface area contributed by atoms with Gasteiger partial charge in [-0.05, 0) is 49.9 Å². The summed E-state index contributed by atoms with van der Waals surface area (Å²) < 4.78 is 5.66. The third-order valence-electron chi connectivity index (χ3n) is 4.69. The molecular weight excluding hydrogens is 328 g/mol. The number of amides is 2. The van der Waals surface area contributed by atoms with Crippen LogP contribution in [-0.4, -0.2) is 43.0 Å². The molecule has 1 fully saturated rings. The van der Waals surface area contributed by atoms with Crippen molar-refractivity contribution in [3.8, 4) is 5.75 Å². The van der Waals surface area contributed by atoms with Gasteiger partial charge in [0.2, 0.25) is 5.91 Å². The van der Waals surface area contributed by atoms with Crippen molar-refractivity contribution in [1.29, 1.82) is 0 Å². The molecule has 0 aliphatic carbocycles. The van der Waals surface area contributed by atoms with Crippen LogP contribution < -0.4 is 10.1 Å². The van der Waals surface area contributed by atoms with Crippen LogP contribution in [0.4, 0.5) is 0 Å². The van der Waals surface area contributed by atoms with Crippen LogP contribution in [0, 0.1) is 0 Å². The number of carbonyl (C=O) groups is 2. The molecule has 0 aromatic heterocycles. The molecule has 0 bridgehead atoms. The van der Waals surface area contributed by atoms with Crippen molar-refractivity contribution in [2.45, 2.75) is 58.3 Å². The fraction of sp³-hybridized carbons (Fsp3) is 0.619. The molecule has 1 heterocycles. The lowest BCUT2D eigenvalue weighted by molar-refractivity contribution is -0.130. The van der Waals surface area contributed by atoms with Crippen molar-refractivity contribution in [3.63, 3.8) is 0 Å². The van der Waals surface area contributed by atoms with Crippen molar-refractivity contribution < 1.29 is 14.3 Å². The van der Waals surface area contributed by atoms with Gasteiger partial charge in [0, 0.05) is 31.6 Å². The van der Waals surface area contributed by atoms with Gasteiger partial charge in [-0.3, -0.25) is 9.59 Å². The number of unbranched alkanes of at least 4 members (excludes halogenated alkanes) is 2. The van der Waals surface area contributed by atoms with Crippen LogP contribution in [0.1, 0.15) is 68.6 Å². The van der Waals surface area contributed by atoms with E-state index in [9.17, 15) is 9.59 Å². The zero-order valence-corrected chi connectivity index (χ0v) is 16.0. The molecule has 1 aromatic rings. The molecule has 0 spiro atoms. The van der Waals surface area contributed by atoms with Crippen molar-refractivity contribution in [3.05, 3.63) is 29.8 Å². The molecule has 26 heavy (non-hydrogen) atoms. The van der Waals surface area contributed by atoms with Gasteiger partial charge >= 0.3 is 0 Å². The van der Waals surface area contributed by atoms with Crippen LogP contribution in [0.25, 0.3) is 0 Å². The first-order chi connectivity index (χ1) is 12.7. The second kappa shape index (κ2) is 11.6. The van der Waals surface area contributed by atoms with Gasteiger partial charge in [0.05, 0.1) is 6.61 Å². The molecule has 2 rings (SSSR count). The Bertz CT molecular complexity index is 557. The average Bonchev–Trinajstić information content (AvgIpc) is 2.87. The Balaban J connectivity index is 1.66. The molecule has 0 saturated carbocycles. The van der Waals surface area contributed by atoms with Crippen LogP contribution in [0.2, 0.25) is 0 Å². The van der Waals surface area contributed by atoms with Crippen LogP contribution in [-0.2, 0) is 4.79 Å². The lowest BCUT2D eigenvalue weighted by Crippen LogP contribution is -2.34. The first-order valence-corrected chi connectivity index (χ1v) is 9.99. The third-order valence-corrected chi connectivity index (χ3v) is 4.69. The summed E-state index contributed by atoms with van der Waals surface area (Å²) in [4.78, 5) is 26.1. The summed E-state index contributed by atoms with van der Waals surface area (Å²) in [5, 5.41) is 2.93. The van der Waals surface area contributed by atoms with Crippen molar-refractivity contribution in [2.24, 2.45) is 0 Å². The third kappa shape index (κ3) is 7.06. The lowest BCUT2D eigenvalue weighted by atomic mass is 10.2. The number of nitrogens with zero attached hydrogens (tertiary/aromatic N) is 1. The van der Waals surface area contributed by atoms with E-state index in [2.05, 4.69) is 12.2 Å². The van der Waals surface area contributed by atoms with Crippen LogP contribution in [0.3, 0.4) is 0 Å². The Kier molecular flexibility index (Phi) is 9.01. The quantitative estimate of drug-likeness (QED) is 0.646. The van der Waals surface area contributed by atoms with Gasteiger partial charge in [-0.25, -0.2) is 0 Å². The molecule has 0 unspecified atom stereocenters. The molecule has 2 amide bonds. The highest BCUT2D eigenvalue weighted by Gasteiger charge is 2.15. The second-order valence-corrected chi connectivity index (χ2v) is 6.88. The van der Waals surface area contributed by atoms with E-state index in [1.54, 1.807) is 12.1 Å². The van der Waals surface area contributed by atoms with Crippen molar-refractivity contribution >= 4 is 11.8 Å². The normalized spacial score (nSPS) is 14.8. The van der Waals surface area contributed by atoms with Gasteiger partial charge in [0.15, 0.2) is 0 Å². The number of likely N-dealkylation sites (tertiary alicyclic amines) is 1. The molecule has 5 nitrogen and oxygen atoms in total. The highest BCUT2D eigenvalue weighted by atomic mass is 16.5. The van der Waals surface area contributed by atoms with E-state index in [0.29, 0.717) is 25.1 Å². The van der Waals surface area contributed by atoms with E-state index >= 15 is 0 Å². The number of rotatable bonds is 10. The largest absolute Gasteiger partial charge is 0.494 e. The number of hydrogen-bond acceptors (Lipinski definition) is 3. The van der Waals surface area contributed by atoms with Gasteiger partial charge in [0.25, 0.3) is 5.91 Å². The van der Waals surface area contributed by atoms with E-state index in [1.807, 2.05) is 17.0 Å². The minimum Gasteiger partial charge on any atom is -0.494 e. The number of carbonyl (C=O) groups excluding carboxylic acids is 2. The minimum absolute atomic E-state index is 0.0790. The maximum Gasteiger partial charge on any atom is 0.251 e. The van der Waals surface area contributed by atoms with Gasteiger partial charge in [-0.15, -0.1) is 0 Å². The Labute approximate surface area is 157 Å². The summed E-state index contributed by atoms with van der Waals surface area (Å²) >= 11 is 0. The van der Waals surface area contributed by atoms with Crippen LogP contribution >= 0.6 is 0 Å². The van der Waals surface area contributed by atoms with Crippen LogP contribution in [0.5, 0.6) is 5.75 Å². The Morgan fingerprint density at radius 1 is 1.12 bits per heavy atom. The fourth-order valence-corrected chi connectivity index (χ4v) is 3.09. The Hall–Kier alpha value is -2.04. The molecule has 1 aromatic carbocycles. The summed E-state index contributed by atoms with van der Waals surface area (Å²) in [6.45, 7) is 5.04. The zero-order chi connectivity index (χ0) is 18.6. The molecule has 0 radical (unpaired) electrons. The van der Waals surface area contributed by atoms with Gasteiger partial charge < -0.3 is 15.0 Å². The Morgan fingerprint density at radius 3 is 2.69 bits per heavy atom. The first-order valence-electron chi connectivity index (χ1n) is 9.99. The molecule has 1 aliphatic heterocycles. The smallest absolute Gasteiger partial charge is 0.251 e. The summed E-state index contributed by atoms with van der Waals surface area (Å²) in [6.07, 6.45) is 8.08. The van der Waals surface area contributed by atoms with E-state index in [-0.39, 0.29) is 11.8 Å². The van der Waals surface area contributed by atoms with Crippen molar-refractivity contribution in [2.75, 3.05) is 26.2 Å². The number of hydrogen-bond donors (Lipinski definition) is 1. The monoisotopic (exact) mass is 360 g/mol. The zero-order valence-electron chi connectivity index (χ0n) is 16.0. The summed E-state index contributed by atoms with van der Waals surface area (Å²) in [5.74, 6) is 0.977. The number of nitrogens with one attached hydrogen (secondary N) is 1. The summed E-state index contributed by atoms with van der Waals surface area (Å²) in [5.41, 5.74) is 0.636. The first kappa shape index (κ1) is 20.3. The predicted molar refractivity (Wildman–Crippen MR) is 103 cm³/mol. The fourth-order valence-electron chi connectivity index (χ4n) is 3.09. The molecule has 1 aliphatic rings. The Morgan fingerprint density at radius 2 is 1.92 bits per heavy atom. The summed E-state index contributed by atoms with van der Waals surface area (Å²) in [7, 11) is 0. The molecule has 0 atom stereocenters. The molecular formula is C21H32N2O3. The average molecular weight is 360 g/mol. The molecule has 5 heteroatoms. The molecule has 1 N–H and O–H groups in total. The standard InChI is InChI=1S/C21H32N2O3/c1-2-3-7-17-26-19-12-10-18(11-13-19)21(25)22-14-8-16-23-15-6-4-5-9-20(23)24/h10-13H,2-9,14-17H2,1H3,(H,22,25). The maximum atomic E-state index is 12.2. The minimum atomic E-state index is -0.0790. The van der Waals surface area contributed by atoms with E-state index in [0.717, 1.165) is 50.9 Å². The van der Waals surface area contributed by atoms with Gasteiger partial charge in [-0.2, -0.15) is 0 Å². The van der Waals surface area contributed by atoms with Crippen LogP contribution in [0.15, 0.2) is 24.3 Å². The SMILES string of the molecule is CCCCCOc1ccc(C(=O)NCCCN2CCCCCC2=O)cc1. The highest BCUT2D eigenvalue weighted by molar-refractivity contribution is 5.94. The number of benzene rings is 1. The maximum absolute atomic E-state index is 12.2.